The molecule has 3 rings (SSSR count). The first-order valence-corrected chi connectivity index (χ1v) is 4.18. The second kappa shape index (κ2) is 3.52. The number of fused-ring (bicyclic) bond motifs is 3. The summed E-state index contributed by atoms with van der Waals surface area (Å²) < 4.78 is 1.90. The van der Waals surface area contributed by atoms with Crippen molar-refractivity contribution in [3.8, 4) is 0 Å². The van der Waals surface area contributed by atoms with Crippen molar-refractivity contribution in [2.75, 3.05) is 0 Å². The van der Waals surface area contributed by atoms with E-state index in [1.165, 1.54) is 5.39 Å². The minimum atomic E-state index is 0. The molecule has 71 valence electrons. The molecule has 3 aromatic rings. The van der Waals surface area contributed by atoms with Gasteiger partial charge in [0.2, 0.25) is 0 Å². The Labute approximate surface area is 94.9 Å². The Hall–Kier alpha value is -1.18. The fourth-order valence-electron chi connectivity index (χ4n) is 1.56. The second-order valence-corrected chi connectivity index (χ2v) is 2.98. The number of aromatic nitrogens is 2. The van der Waals surface area contributed by atoms with Gasteiger partial charge in [-0.3, -0.25) is 4.52 Å². The topological polar surface area (TPSA) is 17.3 Å². The number of hydrogen-bond donors (Lipinski definition) is 0. The molecule has 14 heavy (non-hydrogen) atoms. The Kier molecular flexibility index (Phi) is 2.36. The zero-order chi connectivity index (χ0) is 8.67. The van der Waals surface area contributed by atoms with E-state index in [-0.39, 0.29) is 20.1 Å². The standard InChI is InChI=1S/C11H7N2.Ir/c1-2-4-11-9(3-1)5-6-10-7-8-12-13(10)11;/h1-3,5-8H;/q-1;. The number of para-hydroxylation sites is 1. The first kappa shape index (κ1) is 9.38. The molecule has 0 aliphatic rings. The Morgan fingerprint density at radius 3 is 3.00 bits per heavy atom. The van der Waals surface area contributed by atoms with Crippen LogP contribution < -0.4 is 0 Å². The van der Waals surface area contributed by atoms with Gasteiger partial charge in [-0.05, 0) is 17.6 Å². The minimum absolute atomic E-state index is 0. The van der Waals surface area contributed by atoms with Crippen LogP contribution in [-0.2, 0) is 20.1 Å². The molecule has 0 amide bonds. The van der Waals surface area contributed by atoms with Gasteiger partial charge in [-0.25, -0.2) is 0 Å². The first-order chi connectivity index (χ1) is 6.45. The molecule has 0 saturated carbocycles. The summed E-state index contributed by atoms with van der Waals surface area (Å²) >= 11 is 0. The van der Waals surface area contributed by atoms with Gasteiger partial charge >= 0.3 is 0 Å². The number of benzene rings is 1. The van der Waals surface area contributed by atoms with Crippen LogP contribution in [0.3, 0.4) is 0 Å². The maximum absolute atomic E-state index is 4.23. The van der Waals surface area contributed by atoms with E-state index in [4.69, 9.17) is 0 Å². The predicted octanol–water partition coefficient (Wildman–Crippen LogP) is 2.29. The Morgan fingerprint density at radius 1 is 1.14 bits per heavy atom. The van der Waals surface area contributed by atoms with Crippen molar-refractivity contribution < 1.29 is 20.1 Å². The molecule has 0 aliphatic carbocycles. The average molecular weight is 359 g/mol. The molecule has 0 bridgehead atoms. The fourth-order valence-corrected chi connectivity index (χ4v) is 1.56. The van der Waals surface area contributed by atoms with Crippen LogP contribution in [0.2, 0.25) is 0 Å². The summed E-state index contributed by atoms with van der Waals surface area (Å²) in [6, 6.07) is 15.3. The Balaban J connectivity index is 0.000000750. The SMILES string of the molecule is [Ir].[c-]1cccc2ccc3ccnn3c12. The number of pyridine rings is 1. The largest absolute Gasteiger partial charge is 0.258 e. The van der Waals surface area contributed by atoms with E-state index in [9.17, 15) is 0 Å². The van der Waals surface area contributed by atoms with Crippen LogP contribution in [0.1, 0.15) is 0 Å². The van der Waals surface area contributed by atoms with Crippen LogP contribution in [0.4, 0.5) is 0 Å². The molecule has 0 atom stereocenters. The molecule has 0 fully saturated rings. The zero-order valence-electron chi connectivity index (χ0n) is 7.27. The number of rotatable bonds is 0. The van der Waals surface area contributed by atoms with Gasteiger partial charge in [0.25, 0.3) is 0 Å². The van der Waals surface area contributed by atoms with Crippen LogP contribution in [0.5, 0.6) is 0 Å². The summed E-state index contributed by atoms with van der Waals surface area (Å²) in [5.41, 5.74) is 2.14. The van der Waals surface area contributed by atoms with Crippen LogP contribution in [0, 0.1) is 6.07 Å². The second-order valence-electron chi connectivity index (χ2n) is 2.98. The van der Waals surface area contributed by atoms with Crippen LogP contribution >= 0.6 is 0 Å². The van der Waals surface area contributed by atoms with Crippen molar-refractivity contribution in [1.29, 1.82) is 0 Å². The molecular weight excluding hydrogens is 352 g/mol. The van der Waals surface area contributed by atoms with Gasteiger partial charge in [-0.1, -0.05) is 0 Å². The third-order valence-corrected chi connectivity index (χ3v) is 2.18. The Bertz CT molecular complexity index is 571. The monoisotopic (exact) mass is 360 g/mol. The van der Waals surface area contributed by atoms with Gasteiger partial charge in [0.15, 0.2) is 0 Å². The van der Waals surface area contributed by atoms with E-state index in [1.807, 2.05) is 22.7 Å². The van der Waals surface area contributed by atoms with Crippen molar-refractivity contribution in [1.82, 2.24) is 9.61 Å². The summed E-state index contributed by atoms with van der Waals surface area (Å²) in [4.78, 5) is 0. The van der Waals surface area contributed by atoms with Gasteiger partial charge in [-0.15, -0.1) is 11.5 Å². The molecule has 3 heteroatoms. The quantitative estimate of drug-likeness (QED) is 0.563. The van der Waals surface area contributed by atoms with E-state index >= 15 is 0 Å². The van der Waals surface area contributed by atoms with Crippen molar-refractivity contribution in [3.63, 3.8) is 0 Å². The van der Waals surface area contributed by atoms with Crippen molar-refractivity contribution >= 4 is 16.4 Å². The summed E-state index contributed by atoms with van der Waals surface area (Å²) in [5, 5.41) is 5.40. The smallest absolute Gasteiger partial charge is 0.0633 e. The summed E-state index contributed by atoms with van der Waals surface area (Å²) in [6.45, 7) is 0. The molecule has 0 unspecified atom stereocenters. The van der Waals surface area contributed by atoms with Gasteiger partial charge in [0, 0.05) is 26.3 Å². The number of hydrogen-bond acceptors (Lipinski definition) is 1. The first-order valence-electron chi connectivity index (χ1n) is 4.18. The van der Waals surface area contributed by atoms with Crippen LogP contribution in [0.25, 0.3) is 16.4 Å². The van der Waals surface area contributed by atoms with E-state index in [2.05, 4.69) is 29.4 Å². The zero-order valence-corrected chi connectivity index (χ0v) is 9.66. The molecule has 0 aliphatic heterocycles. The molecule has 2 nitrogen and oxygen atoms in total. The molecular formula is C11H7IrN2-. The molecule has 0 saturated heterocycles. The molecule has 0 spiro atoms. The summed E-state index contributed by atoms with van der Waals surface area (Å²) in [7, 11) is 0. The molecule has 1 radical (unpaired) electrons. The normalized spacial score (nSPS) is 10.3. The van der Waals surface area contributed by atoms with Crippen molar-refractivity contribution in [2.45, 2.75) is 0 Å². The maximum Gasteiger partial charge on any atom is 0.0633 e. The Morgan fingerprint density at radius 2 is 2.07 bits per heavy atom. The predicted molar refractivity (Wildman–Crippen MR) is 51.5 cm³/mol. The number of nitrogens with zero attached hydrogens (tertiary/aromatic N) is 2. The summed E-state index contributed by atoms with van der Waals surface area (Å²) in [5.74, 6) is 0. The fraction of sp³-hybridized carbons (Fsp3) is 0. The van der Waals surface area contributed by atoms with E-state index in [1.54, 1.807) is 6.20 Å². The summed E-state index contributed by atoms with van der Waals surface area (Å²) in [6.07, 6.45) is 1.80. The van der Waals surface area contributed by atoms with Crippen molar-refractivity contribution in [3.05, 3.63) is 48.7 Å². The van der Waals surface area contributed by atoms with E-state index in [0.29, 0.717) is 0 Å². The van der Waals surface area contributed by atoms with E-state index in [0.717, 1.165) is 11.0 Å². The molecule has 2 aromatic heterocycles. The molecule has 0 N–H and O–H groups in total. The maximum atomic E-state index is 4.23. The average Bonchev–Trinajstić information content (AvgIpc) is 2.65. The van der Waals surface area contributed by atoms with Gasteiger partial charge in [-0.2, -0.15) is 29.4 Å². The molecule has 2 heterocycles. The van der Waals surface area contributed by atoms with Crippen LogP contribution in [0.15, 0.2) is 42.6 Å². The third-order valence-electron chi connectivity index (χ3n) is 2.18. The molecule has 1 aromatic carbocycles. The van der Waals surface area contributed by atoms with E-state index < -0.39 is 0 Å². The van der Waals surface area contributed by atoms with Gasteiger partial charge in [0.05, 0.1) is 5.52 Å². The van der Waals surface area contributed by atoms with Gasteiger partial charge < -0.3 is 0 Å². The van der Waals surface area contributed by atoms with Gasteiger partial charge in [0.1, 0.15) is 0 Å². The minimum Gasteiger partial charge on any atom is -0.258 e. The van der Waals surface area contributed by atoms with Crippen LogP contribution in [-0.4, -0.2) is 9.61 Å². The third kappa shape index (κ3) is 1.26. The van der Waals surface area contributed by atoms with Crippen molar-refractivity contribution in [2.24, 2.45) is 0 Å².